The zero-order chi connectivity index (χ0) is 25.9. The van der Waals surface area contributed by atoms with Gasteiger partial charge >= 0.3 is 5.97 Å². The Labute approximate surface area is 216 Å². The minimum absolute atomic E-state index is 0.00817. The summed E-state index contributed by atoms with van der Waals surface area (Å²) in [5.74, 6) is -0.121. The Balaban J connectivity index is 1.75. The lowest BCUT2D eigenvalue weighted by molar-refractivity contribution is -0.135. The molecule has 2 fully saturated rings. The zero-order valence-corrected chi connectivity index (χ0v) is 21.2. The molecule has 1 aromatic heterocycles. The van der Waals surface area contributed by atoms with E-state index in [2.05, 4.69) is 0 Å². The molecule has 8 heteroatoms. The van der Waals surface area contributed by atoms with Gasteiger partial charge in [0.1, 0.15) is 6.54 Å². The third-order valence-electron chi connectivity index (χ3n) is 7.68. The molecule has 2 aliphatic rings. The van der Waals surface area contributed by atoms with E-state index in [0.29, 0.717) is 49.0 Å². The highest BCUT2D eigenvalue weighted by molar-refractivity contribution is 6.00. The molecule has 0 unspecified atom stereocenters. The Bertz CT molecular complexity index is 1330. The van der Waals surface area contributed by atoms with Gasteiger partial charge in [-0.25, -0.2) is 4.79 Å². The Morgan fingerprint density at radius 2 is 1.84 bits per heavy atom. The van der Waals surface area contributed by atoms with Crippen LogP contribution in [0.15, 0.2) is 36.4 Å². The summed E-state index contributed by atoms with van der Waals surface area (Å²) in [5, 5.41) is 1.02. The van der Waals surface area contributed by atoms with Crippen LogP contribution in [0.3, 0.4) is 0 Å². The van der Waals surface area contributed by atoms with E-state index in [1.165, 1.54) is 19.1 Å². The number of hydrogen-bond acceptors (Lipinski definition) is 6. The number of ether oxygens (including phenoxy) is 2. The van der Waals surface area contributed by atoms with Crippen molar-refractivity contribution in [3.63, 3.8) is 0 Å². The van der Waals surface area contributed by atoms with E-state index in [4.69, 9.17) is 15.2 Å². The van der Waals surface area contributed by atoms with Crippen LogP contribution in [0.1, 0.15) is 64.3 Å². The first-order valence-electron chi connectivity index (χ1n) is 13.0. The van der Waals surface area contributed by atoms with Gasteiger partial charge < -0.3 is 24.7 Å². The number of carbonyl (C=O) groups is 3. The number of benzene rings is 2. The van der Waals surface area contributed by atoms with E-state index in [-0.39, 0.29) is 12.5 Å². The van der Waals surface area contributed by atoms with E-state index in [1.54, 1.807) is 18.2 Å². The average Bonchev–Trinajstić information content (AvgIpc) is 3.26. The summed E-state index contributed by atoms with van der Waals surface area (Å²) in [5.41, 5.74) is 11.0. The van der Waals surface area contributed by atoms with Crippen LogP contribution in [-0.2, 0) is 20.8 Å². The highest BCUT2D eigenvalue weighted by Crippen LogP contribution is 2.44. The van der Waals surface area contributed by atoms with Crippen molar-refractivity contribution < 1.29 is 23.9 Å². The maximum absolute atomic E-state index is 13.5. The molecule has 1 saturated carbocycles. The molecule has 0 bridgehead atoms. The summed E-state index contributed by atoms with van der Waals surface area (Å²) in [7, 11) is 1.36. The highest BCUT2D eigenvalue weighted by Gasteiger charge is 2.29. The summed E-state index contributed by atoms with van der Waals surface area (Å²) < 4.78 is 12.5. The molecule has 2 aromatic carbocycles. The molecule has 2 N–H and O–H groups in total. The number of carbonyl (C=O) groups excluding carboxylic acids is 3. The first-order chi connectivity index (χ1) is 18.0. The van der Waals surface area contributed by atoms with Crippen LogP contribution in [0, 0.1) is 0 Å². The topological polar surface area (TPSA) is 104 Å². The fraction of sp³-hybridized carbons (Fsp3) is 0.414. The third kappa shape index (κ3) is 4.85. The summed E-state index contributed by atoms with van der Waals surface area (Å²) >= 11 is 0. The number of amides is 1. The van der Waals surface area contributed by atoms with Crippen molar-refractivity contribution >= 4 is 34.8 Å². The first kappa shape index (κ1) is 25.0. The highest BCUT2D eigenvalue weighted by atomic mass is 16.5. The Morgan fingerprint density at radius 1 is 1.08 bits per heavy atom. The molecule has 3 aromatic rings. The Hall–Kier alpha value is -3.65. The lowest BCUT2D eigenvalue weighted by Gasteiger charge is -2.28. The molecule has 194 valence electrons. The van der Waals surface area contributed by atoms with Crippen molar-refractivity contribution in [2.24, 2.45) is 0 Å². The number of nitrogens with two attached hydrogens (primary N) is 1. The monoisotopic (exact) mass is 503 g/mol. The van der Waals surface area contributed by atoms with Crippen molar-refractivity contribution in [3.8, 4) is 11.3 Å². The number of anilines is 1. The minimum Gasteiger partial charge on any atom is -0.465 e. The molecule has 8 nitrogen and oxygen atoms in total. The standard InChI is InChI=1S/C29H33N3O5/c1-36-29(35)21-7-9-23-25(16-21)32(17-26(34)31-11-13-37-14-12-31)28(27(23)19-5-3-2-4-6-19)20-8-10-24(30)22(15-20)18-33/h7-10,15-16,18-19H,2-6,11-14,17,30H2,1H3. The summed E-state index contributed by atoms with van der Waals surface area (Å²) in [6.45, 7) is 2.25. The molecule has 1 amide bonds. The number of aldehydes is 1. The van der Waals surface area contributed by atoms with Crippen molar-refractivity contribution in [3.05, 3.63) is 53.1 Å². The lowest BCUT2D eigenvalue weighted by atomic mass is 9.81. The number of morpholine rings is 1. The number of aromatic nitrogens is 1. The third-order valence-corrected chi connectivity index (χ3v) is 7.68. The van der Waals surface area contributed by atoms with Gasteiger partial charge in [0.25, 0.3) is 0 Å². The maximum atomic E-state index is 13.5. The fourth-order valence-electron chi connectivity index (χ4n) is 5.77. The number of fused-ring (bicyclic) bond motifs is 1. The van der Waals surface area contributed by atoms with Crippen LogP contribution in [-0.4, -0.2) is 61.0 Å². The summed E-state index contributed by atoms with van der Waals surface area (Å²) in [6.07, 6.45) is 6.37. The smallest absolute Gasteiger partial charge is 0.337 e. The van der Waals surface area contributed by atoms with Gasteiger partial charge in [0, 0.05) is 29.7 Å². The molecule has 37 heavy (non-hydrogen) atoms. The number of esters is 1. The molecular formula is C29H33N3O5. The molecule has 1 saturated heterocycles. The fourth-order valence-corrected chi connectivity index (χ4v) is 5.77. The summed E-state index contributed by atoms with van der Waals surface area (Å²) in [4.78, 5) is 39.6. The molecular weight excluding hydrogens is 470 g/mol. The van der Waals surface area contributed by atoms with E-state index >= 15 is 0 Å². The van der Waals surface area contributed by atoms with E-state index in [9.17, 15) is 14.4 Å². The van der Waals surface area contributed by atoms with Gasteiger partial charge in [-0.3, -0.25) is 9.59 Å². The van der Waals surface area contributed by atoms with Crippen LogP contribution < -0.4 is 5.73 Å². The van der Waals surface area contributed by atoms with Crippen LogP contribution in [0.25, 0.3) is 22.2 Å². The Morgan fingerprint density at radius 3 is 2.54 bits per heavy atom. The van der Waals surface area contributed by atoms with Gasteiger partial charge in [-0.15, -0.1) is 0 Å². The quantitative estimate of drug-likeness (QED) is 0.304. The van der Waals surface area contributed by atoms with Crippen LogP contribution >= 0.6 is 0 Å². The number of nitrogen functional groups attached to an aromatic ring is 1. The number of nitrogens with zero attached hydrogens (tertiary/aromatic N) is 2. The normalized spacial score (nSPS) is 16.6. The largest absolute Gasteiger partial charge is 0.465 e. The van der Waals surface area contributed by atoms with Gasteiger partial charge in [0.15, 0.2) is 6.29 Å². The van der Waals surface area contributed by atoms with Gasteiger partial charge in [-0.1, -0.05) is 31.4 Å². The van der Waals surface area contributed by atoms with Crippen molar-refractivity contribution in [1.29, 1.82) is 0 Å². The average molecular weight is 504 g/mol. The maximum Gasteiger partial charge on any atom is 0.337 e. The first-order valence-corrected chi connectivity index (χ1v) is 13.0. The van der Waals surface area contributed by atoms with E-state index in [0.717, 1.165) is 54.1 Å². The second kappa shape index (κ2) is 10.8. The van der Waals surface area contributed by atoms with E-state index in [1.807, 2.05) is 27.7 Å². The molecule has 0 radical (unpaired) electrons. The van der Waals surface area contributed by atoms with Crippen LogP contribution in [0.4, 0.5) is 5.69 Å². The molecule has 1 aliphatic carbocycles. The van der Waals surface area contributed by atoms with Gasteiger partial charge in [-0.2, -0.15) is 0 Å². The Kier molecular flexibility index (Phi) is 7.28. The number of methoxy groups -OCH3 is 1. The van der Waals surface area contributed by atoms with Crippen molar-refractivity contribution in [2.45, 2.75) is 44.6 Å². The molecule has 0 atom stereocenters. The van der Waals surface area contributed by atoms with Gasteiger partial charge in [0.2, 0.25) is 5.91 Å². The van der Waals surface area contributed by atoms with E-state index < -0.39 is 5.97 Å². The predicted octanol–water partition coefficient (Wildman–Crippen LogP) is 4.40. The second-order valence-electron chi connectivity index (χ2n) is 9.86. The minimum atomic E-state index is -0.425. The molecule has 1 aliphatic heterocycles. The molecule has 2 heterocycles. The van der Waals surface area contributed by atoms with Crippen molar-refractivity contribution in [2.75, 3.05) is 39.1 Å². The van der Waals surface area contributed by atoms with Crippen LogP contribution in [0.2, 0.25) is 0 Å². The number of rotatable bonds is 6. The van der Waals surface area contributed by atoms with Gasteiger partial charge in [0.05, 0.1) is 37.1 Å². The van der Waals surface area contributed by atoms with Gasteiger partial charge in [-0.05, 0) is 54.2 Å². The van der Waals surface area contributed by atoms with Crippen molar-refractivity contribution in [1.82, 2.24) is 9.47 Å². The second-order valence-corrected chi connectivity index (χ2v) is 9.86. The van der Waals surface area contributed by atoms with Crippen LogP contribution in [0.5, 0.6) is 0 Å². The SMILES string of the molecule is COC(=O)c1ccc2c(C3CCCCC3)c(-c3ccc(N)c(C=O)c3)n(CC(=O)N3CCOCC3)c2c1. The molecule has 5 rings (SSSR count). The summed E-state index contributed by atoms with van der Waals surface area (Å²) in [6, 6.07) is 11.1. The zero-order valence-electron chi connectivity index (χ0n) is 21.2. The predicted molar refractivity (Wildman–Crippen MR) is 142 cm³/mol. The molecule has 0 spiro atoms. The lowest BCUT2D eigenvalue weighted by Crippen LogP contribution is -2.42. The number of hydrogen-bond donors (Lipinski definition) is 1.